The summed E-state index contributed by atoms with van der Waals surface area (Å²) < 4.78 is 12.3. The van der Waals surface area contributed by atoms with Crippen LogP contribution in [-0.4, -0.2) is 77.0 Å². The molecule has 2 aliphatic heterocycles. The molecule has 1 aromatic heterocycles. The zero-order valence-corrected chi connectivity index (χ0v) is 18.6. The Hall–Kier alpha value is -3.14. The number of piperidine rings is 1. The lowest BCUT2D eigenvalue weighted by atomic mass is 9.97. The van der Waals surface area contributed by atoms with Gasteiger partial charge in [0.1, 0.15) is 18.2 Å². The lowest BCUT2D eigenvalue weighted by Gasteiger charge is -2.33. The van der Waals surface area contributed by atoms with E-state index in [9.17, 15) is 9.59 Å². The number of methoxy groups -OCH3 is 2. The summed E-state index contributed by atoms with van der Waals surface area (Å²) in [5, 5.41) is 11.8. The number of hydrogen-bond donors (Lipinski definition) is 1. The highest BCUT2D eigenvalue weighted by Gasteiger charge is 2.31. The Morgan fingerprint density at radius 3 is 2.84 bits per heavy atom. The number of nitrogens with one attached hydrogen (secondary N) is 1. The Balaban J connectivity index is 1.36. The largest absolute Gasteiger partial charge is 0.497 e. The molecule has 2 aliphatic rings. The number of ether oxygens (including phenoxy) is 2. The Bertz CT molecular complexity index is 962. The standard InChI is InChI=1S/C22H30N6O4/c1-31-15-20(29)26-8-4-6-17(13-26)21-25-24-19-14-27(9-10-28(19)21)22(30)23-12-16-5-3-7-18(11-16)32-2/h3,5,7,11,17H,4,6,8-10,12-15H2,1-2H3,(H,23,30). The van der Waals surface area contributed by atoms with Gasteiger partial charge in [0.15, 0.2) is 5.82 Å². The molecule has 172 valence electrons. The van der Waals surface area contributed by atoms with Crippen LogP contribution >= 0.6 is 0 Å². The first-order chi connectivity index (χ1) is 15.6. The van der Waals surface area contributed by atoms with Crippen LogP contribution in [0.5, 0.6) is 5.75 Å². The molecule has 32 heavy (non-hydrogen) atoms. The molecule has 0 saturated carbocycles. The van der Waals surface area contributed by atoms with Gasteiger partial charge >= 0.3 is 6.03 Å². The number of likely N-dealkylation sites (tertiary alicyclic amines) is 1. The van der Waals surface area contributed by atoms with E-state index < -0.39 is 0 Å². The second-order valence-corrected chi connectivity index (χ2v) is 8.17. The van der Waals surface area contributed by atoms with Crippen molar-refractivity contribution in [1.29, 1.82) is 0 Å². The average Bonchev–Trinajstić information content (AvgIpc) is 3.26. The maximum Gasteiger partial charge on any atom is 0.318 e. The molecule has 10 nitrogen and oxygen atoms in total. The minimum absolute atomic E-state index is 0.00876. The van der Waals surface area contributed by atoms with Crippen molar-refractivity contribution < 1.29 is 19.1 Å². The van der Waals surface area contributed by atoms with Gasteiger partial charge in [-0.3, -0.25) is 4.79 Å². The van der Waals surface area contributed by atoms with E-state index in [0.717, 1.165) is 42.3 Å². The fourth-order valence-corrected chi connectivity index (χ4v) is 4.36. The van der Waals surface area contributed by atoms with Crippen LogP contribution in [0.4, 0.5) is 4.79 Å². The van der Waals surface area contributed by atoms with Crippen LogP contribution in [0.2, 0.25) is 0 Å². The van der Waals surface area contributed by atoms with Gasteiger partial charge in [0, 0.05) is 45.8 Å². The molecule has 1 unspecified atom stereocenters. The van der Waals surface area contributed by atoms with E-state index in [4.69, 9.17) is 9.47 Å². The average molecular weight is 443 g/mol. The minimum Gasteiger partial charge on any atom is -0.497 e. The number of nitrogens with zero attached hydrogens (tertiary/aromatic N) is 5. The zero-order valence-electron chi connectivity index (χ0n) is 18.6. The third kappa shape index (κ3) is 4.85. The summed E-state index contributed by atoms with van der Waals surface area (Å²) in [6.07, 6.45) is 1.90. The highest BCUT2D eigenvalue weighted by Crippen LogP contribution is 2.27. The number of amides is 3. The molecular weight excluding hydrogens is 412 g/mol. The Kier molecular flexibility index (Phi) is 6.89. The van der Waals surface area contributed by atoms with Crippen LogP contribution in [-0.2, 0) is 29.2 Å². The van der Waals surface area contributed by atoms with Gasteiger partial charge in [0.25, 0.3) is 0 Å². The third-order valence-electron chi connectivity index (χ3n) is 6.05. The fraction of sp³-hybridized carbons (Fsp3) is 0.545. The second kappa shape index (κ2) is 9.99. The van der Waals surface area contributed by atoms with Crippen molar-refractivity contribution in [3.63, 3.8) is 0 Å². The molecule has 3 amide bonds. The summed E-state index contributed by atoms with van der Waals surface area (Å²) in [6, 6.07) is 7.51. The first-order valence-corrected chi connectivity index (χ1v) is 10.9. The first-order valence-electron chi connectivity index (χ1n) is 10.9. The van der Waals surface area contributed by atoms with Gasteiger partial charge in [-0.2, -0.15) is 0 Å². The maximum atomic E-state index is 12.7. The maximum absolute atomic E-state index is 12.7. The molecule has 3 heterocycles. The molecule has 0 bridgehead atoms. The van der Waals surface area contributed by atoms with Crippen molar-refractivity contribution in [3.8, 4) is 5.75 Å². The molecule has 2 aromatic rings. The fourth-order valence-electron chi connectivity index (χ4n) is 4.36. The Labute approximate surface area is 187 Å². The topological polar surface area (TPSA) is 102 Å². The smallest absolute Gasteiger partial charge is 0.318 e. The zero-order chi connectivity index (χ0) is 22.5. The van der Waals surface area contributed by atoms with Crippen LogP contribution in [0.1, 0.15) is 36.0 Å². The number of rotatable bonds is 6. The van der Waals surface area contributed by atoms with Crippen LogP contribution in [0.25, 0.3) is 0 Å². The summed E-state index contributed by atoms with van der Waals surface area (Å²) in [5.74, 6) is 2.61. The first kappa shape index (κ1) is 22.1. The third-order valence-corrected chi connectivity index (χ3v) is 6.05. The number of aromatic nitrogens is 3. The predicted molar refractivity (Wildman–Crippen MR) is 116 cm³/mol. The molecule has 1 saturated heterocycles. The van der Waals surface area contributed by atoms with E-state index in [-0.39, 0.29) is 24.5 Å². The molecule has 10 heteroatoms. The Morgan fingerprint density at radius 1 is 1.16 bits per heavy atom. The van der Waals surface area contributed by atoms with E-state index in [1.54, 1.807) is 12.0 Å². The van der Waals surface area contributed by atoms with Crippen molar-refractivity contribution in [2.75, 3.05) is 40.5 Å². The predicted octanol–water partition coefficient (Wildman–Crippen LogP) is 1.36. The van der Waals surface area contributed by atoms with Crippen LogP contribution < -0.4 is 10.1 Å². The van der Waals surface area contributed by atoms with Crippen LogP contribution in [0, 0.1) is 0 Å². The highest BCUT2D eigenvalue weighted by atomic mass is 16.5. The van der Waals surface area contributed by atoms with Crippen molar-refractivity contribution in [1.82, 2.24) is 29.9 Å². The Morgan fingerprint density at radius 2 is 2.03 bits per heavy atom. The second-order valence-electron chi connectivity index (χ2n) is 8.17. The molecule has 1 N–H and O–H groups in total. The van der Waals surface area contributed by atoms with E-state index >= 15 is 0 Å². The summed E-state index contributed by atoms with van der Waals surface area (Å²) in [4.78, 5) is 28.5. The number of carbonyl (C=O) groups is 2. The monoisotopic (exact) mass is 442 g/mol. The van der Waals surface area contributed by atoms with Gasteiger partial charge in [0.05, 0.1) is 13.7 Å². The number of carbonyl (C=O) groups excluding carboxylic acids is 2. The highest BCUT2D eigenvalue weighted by molar-refractivity contribution is 5.77. The summed E-state index contributed by atoms with van der Waals surface area (Å²) in [6.45, 7) is 3.55. The van der Waals surface area contributed by atoms with Crippen molar-refractivity contribution in [3.05, 3.63) is 41.5 Å². The summed E-state index contributed by atoms with van der Waals surface area (Å²) in [7, 11) is 3.16. The molecule has 4 rings (SSSR count). The van der Waals surface area contributed by atoms with Gasteiger partial charge in [-0.15, -0.1) is 10.2 Å². The van der Waals surface area contributed by atoms with Crippen LogP contribution in [0.15, 0.2) is 24.3 Å². The molecule has 0 aliphatic carbocycles. The number of urea groups is 1. The quantitative estimate of drug-likeness (QED) is 0.725. The van der Waals surface area contributed by atoms with Crippen molar-refractivity contribution >= 4 is 11.9 Å². The molecule has 1 fully saturated rings. The SMILES string of the molecule is COCC(=O)N1CCCC(c2nnc3n2CCN(C(=O)NCc2cccc(OC)c2)C3)C1. The van der Waals surface area contributed by atoms with Gasteiger partial charge in [-0.05, 0) is 30.5 Å². The van der Waals surface area contributed by atoms with Gasteiger partial charge in [0.2, 0.25) is 5.91 Å². The minimum atomic E-state index is -0.127. The summed E-state index contributed by atoms with van der Waals surface area (Å²) in [5.41, 5.74) is 0.977. The normalized spacial score (nSPS) is 18.2. The number of hydrogen-bond acceptors (Lipinski definition) is 6. The number of benzene rings is 1. The lowest BCUT2D eigenvalue weighted by Crippen LogP contribution is -2.45. The summed E-state index contributed by atoms with van der Waals surface area (Å²) >= 11 is 0. The van der Waals surface area contributed by atoms with E-state index in [0.29, 0.717) is 32.7 Å². The van der Waals surface area contributed by atoms with Crippen molar-refractivity contribution in [2.24, 2.45) is 0 Å². The van der Waals surface area contributed by atoms with Crippen LogP contribution in [0.3, 0.4) is 0 Å². The number of fused-ring (bicyclic) bond motifs is 1. The molecule has 0 radical (unpaired) electrons. The molecule has 1 atom stereocenters. The van der Waals surface area contributed by atoms with E-state index in [2.05, 4.69) is 20.1 Å². The lowest BCUT2D eigenvalue weighted by molar-refractivity contribution is -0.136. The van der Waals surface area contributed by atoms with E-state index in [1.165, 1.54) is 7.11 Å². The van der Waals surface area contributed by atoms with Gasteiger partial charge < -0.3 is 29.2 Å². The van der Waals surface area contributed by atoms with Gasteiger partial charge in [-0.25, -0.2) is 4.79 Å². The molecule has 1 aromatic carbocycles. The van der Waals surface area contributed by atoms with Crippen molar-refractivity contribution in [2.45, 2.75) is 38.4 Å². The molecular formula is C22H30N6O4. The molecule has 0 spiro atoms. The van der Waals surface area contributed by atoms with Gasteiger partial charge in [-0.1, -0.05) is 12.1 Å². The van der Waals surface area contributed by atoms with E-state index in [1.807, 2.05) is 29.2 Å².